The molecule has 0 aliphatic carbocycles. The van der Waals surface area contributed by atoms with E-state index in [1.807, 2.05) is 0 Å². The van der Waals surface area contributed by atoms with Gasteiger partial charge in [-0.15, -0.1) is 0 Å². The van der Waals surface area contributed by atoms with E-state index in [0.29, 0.717) is 13.1 Å². The summed E-state index contributed by atoms with van der Waals surface area (Å²) in [7, 11) is -8.94. The Labute approximate surface area is 332 Å². The predicted molar refractivity (Wildman–Crippen MR) is 180 cm³/mol. The Morgan fingerprint density at radius 3 is 0.936 bits per heavy atom. The van der Waals surface area contributed by atoms with Gasteiger partial charge in [-0.05, 0) is 19.3 Å². The van der Waals surface area contributed by atoms with Crippen molar-refractivity contribution in [3.05, 3.63) is 0 Å². The van der Waals surface area contributed by atoms with Crippen molar-refractivity contribution in [3.8, 4) is 0 Å². The van der Waals surface area contributed by atoms with Crippen molar-refractivity contribution >= 4 is 32.1 Å². The quantitative estimate of drug-likeness (QED) is 0.0559. The third-order valence-corrected chi connectivity index (χ3v) is 9.64. The molecule has 0 N–H and O–H groups in total. The molecule has 2 amide bonds. The number of nitrogens with zero attached hydrogens (tertiary/aromatic N) is 2. The van der Waals surface area contributed by atoms with Gasteiger partial charge in [0.25, 0.3) is 0 Å². The molecule has 0 aromatic heterocycles. The topological polar surface area (TPSA) is 155 Å². The van der Waals surface area contributed by atoms with Gasteiger partial charge in [0.1, 0.15) is 0 Å². The molecule has 0 saturated carbocycles. The predicted octanol–water partition coefficient (Wildman–Crippen LogP) is 0.754. The summed E-state index contributed by atoms with van der Waals surface area (Å²) >= 11 is 0. The molecule has 0 bridgehead atoms. The molecule has 0 aromatic rings. The molecule has 0 spiro atoms. The minimum absolute atomic E-state index is 0. The molecule has 0 saturated heterocycles. The molecule has 10 nitrogen and oxygen atoms in total. The first-order chi connectivity index (χ1) is 21.4. The molecular weight excluding hydrogens is 662 g/mol. The minimum Gasteiger partial charge on any atom is -0.748 e. The van der Waals surface area contributed by atoms with Gasteiger partial charge in [0.15, 0.2) is 0 Å². The van der Waals surface area contributed by atoms with Gasteiger partial charge in [-0.1, -0.05) is 129 Å². The van der Waals surface area contributed by atoms with Crippen molar-refractivity contribution in [2.24, 2.45) is 0 Å². The largest absolute Gasteiger partial charge is 1.00 e. The summed E-state index contributed by atoms with van der Waals surface area (Å²) in [5, 5.41) is 0. The average molecular weight is 727 g/mol. The number of carbonyl (C=O) groups excluding carboxylic acids is 2. The Bertz CT molecular complexity index is 894. The van der Waals surface area contributed by atoms with Crippen molar-refractivity contribution in [1.82, 2.24) is 9.80 Å². The molecule has 0 radical (unpaired) electrons. The first-order valence-corrected chi connectivity index (χ1v) is 21.0. The fourth-order valence-electron chi connectivity index (χ4n) is 5.45. The zero-order chi connectivity index (χ0) is 33.8. The molecule has 0 aliphatic rings. The van der Waals surface area contributed by atoms with Gasteiger partial charge in [0.2, 0.25) is 11.8 Å². The van der Waals surface area contributed by atoms with Crippen LogP contribution in [-0.4, -0.2) is 85.2 Å². The molecule has 268 valence electrons. The molecule has 0 fully saturated rings. The maximum absolute atomic E-state index is 12.9. The van der Waals surface area contributed by atoms with Crippen LogP contribution in [0.4, 0.5) is 0 Å². The summed E-state index contributed by atoms with van der Waals surface area (Å²) in [6.07, 6.45) is 22.8. The first-order valence-electron chi connectivity index (χ1n) is 17.8. The summed E-state index contributed by atoms with van der Waals surface area (Å²) in [4.78, 5) is 28.7. The van der Waals surface area contributed by atoms with Crippen molar-refractivity contribution in [3.63, 3.8) is 0 Å². The second-order valence-corrected chi connectivity index (χ2v) is 15.5. The Balaban J connectivity index is -0.00000968. The standard InChI is InChI=1S/C33H66N2O8S2.2Na/c1-3-5-7-9-11-13-15-17-19-21-26-34(28-30-44(38,39)40)32(36)24-23-25-33(37)35(29-31-45(41,42)43)27-22-20-18-16-14-12-10-8-6-4-2;;/h3-31H2,1-2H3,(H,38,39,40)(H,41,42,43);;/q;2*+1/p-2. The first kappa shape index (κ1) is 52.1. The summed E-state index contributed by atoms with van der Waals surface area (Å²) < 4.78 is 67.3. The molecule has 0 atom stereocenters. The van der Waals surface area contributed by atoms with Crippen LogP contribution in [0.5, 0.6) is 0 Å². The molecule has 47 heavy (non-hydrogen) atoms. The van der Waals surface area contributed by atoms with E-state index in [4.69, 9.17) is 0 Å². The van der Waals surface area contributed by atoms with Crippen LogP contribution in [0, 0.1) is 0 Å². The number of amides is 2. The third kappa shape index (κ3) is 36.4. The summed E-state index contributed by atoms with van der Waals surface area (Å²) in [5.41, 5.74) is 0. The Kier molecular flexibility index (Phi) is 37.6. The zero-order valence-corrected chi connectivity index (χ0v) is 36.1. The molecule has 0 aliphatic heterocycles. The van der Waals surface area contributed by atoms with Gasteiger partial charge >= 0.3 is 59.1 Å². The molecule has 0 unspecified atom stereocenters. The summed E-state index contributed by atoms with van der Waals surface area (Å²) in [5.74, 6) is -1.89. The Morgan fingerprint density at radius 1 is 0.426 bits per heavy atom. The van der Waals surface area contributed by atoms with Crippen LogP contribution in [0.25, 0.3) is 0 Å². The smallest absolute Gasteiger partial charge is 0.748 e. The van der Waals surface area contributed by atoms with E-state index >= 15 is 0 Å². The van der Waals surface area contributed by atoms with Crippen molar-refractivity contribution in [2.45, 2.75) is 162 Å². The third-order valence-electron chi connectivity index (χ3n) is 8.27. The van der Waals surface area contributed by atoms with E-state index in [1.165, 1.54) is 86.8 Å². The molecule has 0 heterocycles. The van der Waals surface area contributed by atoms with Crippen LogP contribution < -0.4 is 59.1 Å². The van der Waals surface area contributed by atoms with Crippen molar-refractivity contribution in [2.75, 3.05) is 37.7 Å². The van der Waals surface area contributed by atoms with Crippen LogP contribution in [0.3, 0.4) is 0 Å². The maximum Gasteiger partial charge on any atom is 1.00 e. The molecular formula is C33H64N2Na2O8S2. The normalized spacial score (nSPS) is 11.5. The van der Waals surface area contributed by atoms with Gasteiger partial charge in [-0.25, -0.2) is 16.8 Å². The summed E-state index contributed by atoms with van der Waals surface area (Å²) in [6, 6.07) is 0. The number of hydrogen-bond acceptors (Lipinski definition) is 8. The van der Waals surface area contributed by atoms with E-state index in [9.17, 15) is 35.5 Å². The van der Waals surface area contributed by atoms with Crippen LogP contribution in [0.2, 0.25) is 0 Å². The van der Waals surface area contributed by atoms with Crippen molar-refractivity contribution < 1.29 is 94.6 Å². The van der Waals surface area contributed by atoms with Crippen LogP contribution in [0.1, 0.15) is 162 Å². The Hall–Kier alpha value is 0.760. The number of rotatable bonds is 32. The van der Waals surface area contributed by atoms with Gasteiger partial charge in [0.05, 0.1) is 31.7 Å². The average Bonchev–Trinajstić information content (AvgIpc) is 2.96. The van der Waals surface area contributed by atoms with E-state index in [2.05, 4.69) is 13.8 Å². The summed E-state index contributed by atoms with van der Waals surface area (Å²) in [6.45, 7) is 4.80. The van der Waals surface area contributed by atoms with Gasteiger partial charge < -0.3 is 18.9 Å². The minimum atomic E-state index is -4.47. The van der Waals surface area contributed by atoms with Crippen molar-refractivity contribution in [1.29, 1.82) is 0 Å². The van der Waals surface area contributed by atoms with Gasteiger partial charge in [0, 0.05) is 39.0 Å². The molecule has 0 rings (SSSR count). The van der Waals surface area contributed by atoms with E-state index in [1.54, 1.807) is 0 Å². The SMILES string of the molecule is CCCCCCCCCCCCN(CCS(=O)(=O)[O-])C(=O)CCCC(=O)N(CCCCCCCCCCCC)CCS(=O)(=O)[O-].[Na+].[Na+]. The van der Waals surface area contributed by atoms with E-state index in [0.717, 1.165) is 51.4 Å². The number of unbranched alkanes of at least 4 members (excludes halogenated alkanes) is 18. The number of hydrogen-bond donors (Lipinski definition) is 0. The van der Waals surface area contributed by atoms with Crippen LogP contribution in [-0.2, 0) is 29.8 Å². The fourth-order valence-corrected chi connectivity index (χ4v) is 6.34. The zero-order valence-electron chi connectivity index (χ0n) is 30.5. The van der Waals surface area contributed by atoms with Gasteiger partial charge in [-0.2, -0.15) is 0 Å². The van der Waals surface area contributed by atoms with E-state index < -0.39 is 31.7 Å². The van der Waals surface area contributed by atoms with Crippen LogP contribution >= 0.6 is 0 Å². The van der Waals surface area contributed by atoms with Gasteiger partial charge in [-0.3, -0.25) is 9.59 Å². The monoisotopic (exact) mass is 726 g/mol. The van der Waals surface area contributed by atoms with Crippen LogP contribution in [0.15, 0.2) is 0 Å². The Morgan fingerprint density at radius 2 is 0.681 bits per heavy atom. The number of carbonyl (C=O) groups is 2. The molecule has 14 heteroatoms. The fraction of sp³-hybridized carbons (Fsp3) is 0.939. The second kappa shape index (κ2) is 33.9. The second-order valence-electron chi connectivity index (χ2n) is 12.5. The maximum atomic E-state index is 12.9. The van der Waals surface area contributed by atoms with E-state index in [-0.39, 0.29) is 103 Å². The molecule has 0 aromatic carbocycles.